The molecule has 5 rings (SSSR count). The predicted molar refractivity (Wildman–Crippen MR) is 120 cm³/mol. The summed E-state index contributed by atoms with van der Waals surface area (Å²) in [5.41, 5.74) is 2.51. The van der Waals surface area contributed by atoms with Gasteiger partial charge in [0.1, 0.15) is 0 Å². The van der Waals surface area contributed by atoms with E-state index in [1.165, 1.54) is 17.4 Å². The van der Waals surface area contributed by atoms with Crippen molar-refractivity contribution in [2.75, 3.05) is 12.1 Å². The van der Waals surface area contributed by atoms with Crippen molar-refractivity contribution in [2.45, 2.75) is 12.8 Å². The summed E-state index contributed by atoms with van der Waals surface area (Å²) >= 11 is 1.52. The molecular formula is C23H19ClN4O4S. The van der Waals surface area contributed by atoms with Crippen LogP contribution in [0.1, 0.15) is 10.6 Å². The first kappa shape index (κ1) is 22.5. The van der Waals surface area contributed by atoms with Crippen molar-refractivity contribution in [1.29, 1.82) is 0 Å². The molecule has 1 aromatic heterocycles. The maximum atomic E-state index is 11.6. The molecule has 2 heterocycles. The molecule has 8 nitrogen and oxygen atoms in total. The van der Waals surface area contributed by atoms with E-state index in [9.17, 15) is 10.1 Å². The summed E-state index contributed by atoms with van der Waals surface area (Å²) in [5, 5.41) is 21.4. The minimum atomic E-state index is -0.377. The zero-order valence-corrected chi connectivity index (χ0v) is 18.9. The van der Waals surface area contributed by atoms with E-state index in [4.69, 9.17) is 14.6 Å². The summed E-state index contributed by atoms with van der Waals surface area (Å²) in [6.45, 7) is 0.0767. The van der Waals surface area contributed by atoms with Crippen molar-refractivity contribution < 1.29 is 31.5 Å². The third kappa shape index (κ3) is 4.89. The molecule has 1 N–H and O–H groups in total. The molecule has 0 saturated carbocycles. The number of nitro benzene ring substituents is 1. The van der Waals surface area contributed by atoms with Gasteiger partial charge in [0.05, 0.1) is 17.4 Å². The Bertz CT molecular complexity index is 1270. The standard InChI is InChI=1S/C23H19N4O4S.ClH/c28-27(29)19-14-21-20(30-15-31-21)13-16(19)11-12-22-26(18-9-5-2-6-10-18)25-23(32-22)24-17-7-3-1-4-8-17;/h1-10,13-14H,11-12,15H2,(H,24,25);1H/q+1;/p-1. The second-order valence-corrected chi connectivity index (χ2v) is 8.19. The number of nitrogens with zero attached hydrogens (tertiary/aromatic N) is 3. The van der Waals surface area contributed by atoms with E-state index in [1.54, 1.807) is 6.07 Å². The van der Waals surface area contributed by atoms with Crippen molar-refractivity contribution >= 4 is 27.8 Å². The number of para-hydroxylation sites is 2. The molecule has 3 aromatic carbocycles. The average Bonchev–Trinajstić information content (AvgIpc) is 3.44. The van der Waals surface area contributed by atoms with Gasteiger partial charge in [0.25, 0.3) is 15.8 Å². The van der Waals surface area contributed by atoms with Gasteiger partial charge in [-0.3, -0.25) is 10.1 Å². The number of halogens is 1. The summed E-state index contributed by atoms with van der Waals surface area (Å²) in [6.07, 6.45) is 1.04. The first-order chi connectivity index (χ1) is 15.7. The minimum absolute atomic E-state index is 0. The first-order valence-corrected chi connectivity index (χ1v) is 10.9. The van der Waals surface area contributed by atoms with Gasteiger partial charge >= 0.3 is 0 Å². The van der Waals surface area contributed by atoms with Crippen molar-refractivity contribution in [3.8, 4) is 17.2 Å². The molecule has 0 radical (unpaired) electrons. The van der Waals surface area contributed by atoms with E-state index >= 15 is 0 Å². The highest BCUT2D eigenvalue weighted by atomic mass is 35.5. The van der Waals surface area contributed by atoms with Crippen molar-refractivity contribution in [3.05, 3.63) is 93.5 Å². The van der Waals surface area contributed by atoms with Crippen LogP contribution in [0.4, 0.5) is 16.5 Å². The average molecular weight is 483 g/mol. The highest BCUT2D eigenvalue weighted by molar-refractivity contribution is 7.15. The topological polar surface area (TPSA) is 90.4 Å². The van der Waals surface area contributed by atoms with Crippen LogP contribution in [0.3, 0.4) is 0 Å². The van der Waals surface area contributed by atoms with Crippen LogP contribution < -0.4 is 31.9 Å². The SMILES string of the molecule is O=[N+]([O-])c1cc2c(cc1CCc1sc(Nc3ccccc3)n[n+]1-c1ccccc1)OCO2.[Cl-]. The highest BCUT2D eigenvalue weighted by Gasteiger charge is 2.26. The molecule has 0 bridgehead atoms. The minimum Gasteiger partial charge on any atom is -1.00 e. The number of fused-ring (bicyclic) bond motifs is 1. The van der Waals surface area contributed by atoms with Gasteiger partial charge in [0.2, 0.25) is 12.5 Å². The molecule has 0 saturated heterocycles. The Hall–Kier alpha value is -3.69. The molecule has 0 aliphatic carbocycles. The third-order valence-electron chi connectivity index (χ3n) is 5.05. The van der Waals surface area contributed by atoms with Crippen LogP contribution in [0, 0.1) is 10.1 Å². The van der Waals surface area contributed by atoms with Gasteiger partial charge in [0, 0.05) is 28.5 Å². The normalized spacial score (nSPS) is 11.6. The summed E-state index contributed by atoms with van der Waals surface area (Å²) in [6, 6.07) is 22.8. The number of hydrogen-bond donors (Lipinski definition) is 1. The number of anilines is 2. The Labute approximate surface area is 200 Å². The lowest BCUT2D eigenvalue weighted by Crippen LogP contribution is -3.00. The molecule has 4 aromatic rings. The Morgan fingerprint density at radius 1 is 1.00 bits per heavy atom. The second kappa shape index (κ2) is 9.85. The zero-order valence-electron chi connectivity index (χ0n) is 17.3. The summed E-state index contributed by atoms with van der Waals surface area (Å²) in [4.78, 5) is 11.2. The van der Waals surface area contributed by atoms with Gasteiger partial charge in [-0.25, -0.2) is 0 Å². The van der Waals surface area contributed by atoms with Crippen molar-refractivity contribution in [1.82, 2.24) is 5.10 Å². The van der Waals surface area contributed by atoms with E-state index < -0.39 is 0 Å². The van der Waals surface area contributed by atoms with Crippen molar-refractivity contribution in [2.24, 2.45) is 0 Å². The van der Waals surface area contributed by atoms with Crippen LogP contribution in [-0.4, -0.2) is 16.8 Å². The number of aromatic nitrogens is 2. The molecule has 0 atom stereocenters. The summed E-state index contributed by atoms with van der Waals surface area (Å²) < 4.78 is 12.6. The summed E-state index contributed by atoms with van der Waals surface area (Å²) in [5.74, 6) is 0.948. The molecule has 1 aliphatic heterocycles. The number of aryl methyl sites for hydroxylation is 2. The predicted octanol–water partition coefficient (Wildman–Crippen LogP) is 1.59. The van der Waals surface area contributed by atoms with Gasteiger partial charge in [-0.05, 0) is 40.6 Å². The molecule has 33 heavy (non-hydrogen) atoms. The van der Waals surface area contributed by atoms with Gasteiger partial charge in [0.15, 0.2) is 11.5 Å². The van der Waals surface area contributed by atoms with E-state index in [2.05, 4.69) is 5.32 Å². The Morgan fingerprint density at radius 3 is 2.36 bits per heavy atom. The van der Waals surface area contributed by atoms with Crippen LogP contribution in [0.5, 0.6) is 11.5 Å². The fourth-order valence-corrected chi connectivity index (χ4v) is 4.48. The Balaban J connectivity index is 0.00000259. The van der Waals surface area contributed by atoms with Gasteiger partial charge in [-0.1, -0.05) is 36.4 Å². The van der Waals surface area contributed by atoms with E-state index in [0.29, 0.717) is 29.9 Å². The number of ether oxygens (including phenoxy) is 2. The first-order valence-electron chi connectivity index (χ1n) is 10.0. The zero-order chi connectivity index (χ0) is 21.9. The van der Waals surface area contributed by atoms with Crippen molar-refractivity contribution in [3.63, 3.8) is 0 Å². The molecule has 0 unspecified atom stereocenters. The second-order valence-electron chi connectivity index (χ2n) is 7.13. The highest BCUT2D eigenvalue weighted by Crippen LogP contribution is 2.38. The quantitative estimate of drug-likeness (QED) is 0.244. The number of rotatable bonds is 7. The number of nitrogens with one attached hydrogen (secondary N) is 1. The van der Waals surface area contributed by atoms with Gasteiger partial charge in [-0.2, -0.15) is 0 Å². The fraction of sp³-hybridized carbons (Fsp3) is 0.130. The van der Waals surface area contributed by atoms with Crippen LogP contribution in [0.15, 0.2) is 72.8 Å². The maximum Gasteiger partial charge on any atom is 0.276 e. The van der Waals surface area contributed by atoms with Crippen LogP contribution in [-0.2, 0) is 12.8 Å². The number of hydrogen-bond acceptors (Lipinski definition) is 7. The van der Waals surface area contributed by atoms with Crippen LogP contribution in [0.25, 0.3) is 5.69 Å². The van der Waals surface area contributed by atoms with Crippen LogP contribution >= 0.6 is 11.3 Å². The largest absolute Gasteiger partial charge is 1.00 e. The maximum absolute atomic E-state index is 11.6. The molecule has 0 amide bonds. The van der Waals surface area contributed by atoms with Crippen LogP contribution in [0.2, 0.25) is 0 Å². The summed E-state index contributed by atoms with van der Waals surface area (Å²) in [7, 11) is 0. The van der Waals surface area contributed by atoms with E-state index in [-0.39, 0.29) is 29.8 Å². The third-order valence-corrected chi connectivity index (χ3v) is 6.04. The Kier molecular flexibility index (Phi) is 6.71. The van der Waals surface area contributed by atoms with E-state index in [1.807, 2.05) is 65.3 Å². The molecule has 0 fully saturated rings. The van der Waals surface area contributed by atoms with E-state index in [0.717, 1.165) is 21.5 Å². The van der Waals surface area contributed by atoms with Gasteiger partial charge < -0.3 is 27.2 Å². The number of nitro groups is 1. The monoisotopic (exact) mass is 482 g/mol. The number of benzene rings is 3. The molecule has 10 heteroatoms. The molecule has 168 valence electrons. The lowest BCUT2D eigenvalue weighted by atomic mass is 10.1. The fourth-order valence-electron chi connectivity index (χ4n) is 3.53. The lowest BCUT2D eigenvalue weighted by Gasteiger charge is -2.03. The molecule has 1 aliphatic rings. The molecular weight excluding hydrogens is 464 g/mol. The van der Waals surface area contributed by atoms with Gasteiger partial charge in [-0.15, -0.1) is 0 Å². The molecule has 0 spiro atoms. The smallest absolute Gasteiger partial charge is 0.276 e. The Morgan fingerprint density at radius 2 is 1.67 bits per heavy atom. The lowest BCUT2D eigenvalue weighted by molar-refractivity contribution is -0.660.